The summed E-state index contributed by atoms with van der Waals surface area (Å²) in [4.78, 5) is 34.6. The molecule has 0 atom stereocenters. The number of nitrogens with one attached hydrogen (secondary N) is 1. The SMILES string of the molecule is Cc1ccc(CNC(=O)COC(=O)c2ccc3nc(-c4ccccc4)c(-c4ccccc4)nc3c2)cc1. The molecule has 6 heteroatoms. The Morgan fingerprint density at radius 1 is 0.730 bits per heavy atom. The van der Waals surface area contributed by atoms with Crippen molar-refractivity contribution >= 4 is 22.9 Å². The molecule has 1 N–H and O–H groups in total. The van der Waals surface area contributed by atoms with Crippen LogP contribution in [0.3, 0.4) is 0 Å². The van der Waals surface area contributed by atoms with Gasteiger partial charge in [-0.1, -0.05) is 90.5 Å². The molecule has 1 heterocycles. The van der Waals surface area contributed by atoms with Gasteiger partial charge in [-0.05, 0) is 30.7 Å². The molecule has 6 nitrogen and oxygen atoms in total. The highest BCUT2D eigenvalue weighted by atomic mass is 16.5. The number of nitrogens with zero attached hydrogens (tertiary/aromatic N) is 2. The van der Waals surface area contributed by atoms with E-state index in [-0.39, 0.29) is 12.5 Å². The second-order valence-corrected chi connectivity index (χ2v) is 8.69. The van der Waals surface area contributed by atoms with Gasteiger partial charge in [0.25, 0.3) is 5.91 Å². The predicted molar refractivity (Wildman–Crippen MR) is 144 cm³/mol. The number of carbonyl (C=O) groups is 2. The zero-order valence-electron chi connectivity index (χ0n) is 20.3. The summed E-state index contributed by atoms with van der Waals surface area (Å²) in [5.74, 6) is -0.962. The van der Waals surface area contributed by atoms with Gasteiger partial charge in [-0.2, -0.15) is 0 Å². The highest BCUT2D eigenvalue weighted by Gasteiger charge is 2.16. The first kappa shape index (κ1) is 23.9. The van der Waals surface area contributed by atoms with Crippen LogP contribution in [-0.2, 0) is 16.1 Å². The highest BCUT2D eigenvalue weighted by molar-refractivity contribution is 5.96. The van der Waals surface area contributed by atoms with Crippen LogP contribution in [0.25, 0.3) is 33.5 Å². The minimum absolute atomic E-state index is 0.305. The van der Waals surface area contributed by atoms with Crippen LogP contribution in [0, 0.1) is 6.92 Å². The molecule has 0 saturated heterocycles. The van der Waals surface area contributed by atoms with Crippen molar-refractivity contribution in [2.24, 2.45) is 0 Å². The van der Waals surface area contributed by atoms with Crippen molar-refractivity contribution in [1.29, 1.82) is 0 Å². The van der Waals surface area contributed by atoms with Gasteiger partial charge in [0.1, 0.15) is 0 Å². The summed E-state index contributed by atoms with van der Waals surface area (Å²) in [5.41, 5.74) is 7.02. The number of esters is 1. The summed E-state index contributed by atoms with van der Waals surface area (Å²) in [5, 5.41) is 2.76. The first-order valence-electron chi connectivity index (χ1n) is 12.0. The van der Waals surface area contributed by atoms with Crippen molar-refractivity contribution in [1.82, 2.24) is 15.3 Å². The lowest BCUT2D eigenvalue weighted by Gasteiger charge is -2.11. The Balaban J connectivity index is 1.34. The van der Waals surface area contributed by atoms with Crippen LogP contribution in [0.15, 0.2) is 103 Å². The fourth-order valence-electron chi connectivity index (χ4n) is 3.95. The third-order valence-corrected chi connectivity index (χ3v) is 5.94. The van der Waals surface area contributed by atoms with E-state index < -0.39 is 5.97 Å². The Hall–Kier alpha value is -4.84. The summed E-state index contributed by atoms with van der Waals surface area (Å²) < 4.78 is 5.26. The van der Waals surface area contributed by atoms with Gasteiger partial charge in [0.05, 0.1) is 28.0 Å². The van der Waals surface area contributed by atoms with E-state index in [1.165, 1.54) is 0 Å². The van der Waals surface area contributed by atoms with Crippen LogP contribution in [0.2, 0.25) is 0 Å². The molecule has 5 aromatic rings. The molecule has 37 heavy (non-hydrogen) atoms. The zero-order valence-corrected chi connectivity index (χ0v) is 20.3. The molecule has 0 fully saturated rings. The summed E-state index contributed by atoms with van der Waals surface area (Å²) in [7, 11) is 0. The molecule has 0 unspecified atom stereocenters. The Morgan fingerprint density at radius 2 is 1.32 bits per heavy atom. The molecule has 0 spiro atoms. The largest absolute Gasteiger partial charge is 0.452 e. The maximum atomic E-state index is 12.7. The molecule has 0 bridgehead atoms. The quantitative estimate of drug-likeness (QED) is 0.296. The van der Waals surface area contributed by atoms with E-state index in [1.807, 2.05) is 91.9 Å². The van der Waals surface area contributed by atoms with Gasteiger partial charge < -0.3 is 10.1 Å². The molecular formula is C31H25N3O3. The molecular weight excluding hydrogens is 462 g/mol. The molecule has 0 aliphatic heterocycles. The summed E-state index contributed by atoms with van der Waals surface area (Å²) in [6.45, 7) is 2.01. The average Bonchev–Trinajstić information content (AvgIpc) is 2.95. The maximum Gasteiger partial charge on any atom is 0.338 e. The summed E-state index contributed by atoms with van der Waals surface area (Å²) in [6, 6.07) is 32.6. The second-order valence-electron chi connectivity index (χ2n) is 8.69. The van der Waals surface area contributed by atoms with Gasteiger partial charge in [0.15, 0.2) is 6.61 Å². The molecule has 1 amide bonds. The van der Waals surface area contributed by atoms with Crippen LogP contribution in [-0.4, -0.2) is 28.5 Å². The Labute approximate surface area is 215 Å². The number of aryl methyl sites for hydroxylation is 1. The minimum atomic E-state index is -0.595. The van der Waals surface area contributed by atoms with E-state index in [0.717, 1.165) is 33.6 Å². The van der Waals surface area contributed by atoms with Gasteiger partial charge in [0.2, 0.25) is 0 Å². The van der Waals surface area contributed by atoms with Crippen LogP contribution in [0.4, 0.5) is 0 Å². The smallest absolute Gasteiger partial charge is 0.338 e. The third kappa shape index (κ3) is 5.70. The monoisotopic (exact) mass is 487 g/mol. The Kier molecular flexibility index (Phi) is 6.99. The maximum absolute atomic E-state index is 12.7. The van der Waals surface area contributed by atoms with Crippen LogP contribution >= 0.6 is 0 Å². The molecule has 0 aliphatic rings. The first-order valence-corrected chi connectivity index (χ1v) is 12.0. The van der Waals surface area contributed by atoms with Crippen LogP contribution in [0.1, 0.15) is 21.5 Å². The predicted octanol–water partition coefficient (Wildman–Crippen LogP) is 5.75. The van der Waals surface area contributed by atoms with E-state index >= 15 is 0 Å². The van der Waals surface area contributed by atoms with Crippen molar-refractivity contribution in [2.45, 2.75) is 13.5 Å². The molecule has 1 aromatic heterocycles. The summed E-state index contributed by atoms with van der Waals surface area (Å²) >= 11 is 0. The molecule has 5 rings (SSSR count). The molecule has 0 aliphatic carbocycles. The van der Waals surface area contributed by atoms with Crippen molar-refractivity contribution in [3.8, 4) is 22.5 Å². The molecule has 0 radical (unpaired) electrons. The standard InChI is InChI=1S/C31H25N3O3/c1-21-12-14-22(15-13-21)19-32-28(35)20-37-31(36)25-16-17-26-27(18-25)34-30(24-10-6-3-7-11-24)29(33-26)23-8-4-2-5-9-23/h2-18H,19-20H2,1H3,(H,32,35). The topological polar surface area (TPSA) is 81.2 Å². The minimum Gasteiger partial charge on any atom is -0.452 e. The van der Waals surface area contributed by atoms with E-state index in [2.05, 4.69) is 5.32 Å². The van der Waals surface area contributed by atoms with E-state index in [9.17, 15) is 9.59 Å². The Bertz CT molecular complexity index is 1550. The molecule has 4 aromatic carbocycles. The van der Waals surface area contributed by atoms with E-state index in [0.29, 0.717) is 23.1 Å². The Morgan fingerprint density at radius 3 is 1.95 bits per heavy atom. The second kappa shape index (κ2) is 10.8. The van der Waals surface area contributed by atoms with Gasteiger partial charge in [-0.25, -0.2) is 14.8 Å². The van der Waals surface area contributed by atoms with Crippen molar-refractivity contribution in [2.75, 3.05) is 6.61 Å². The lowest BCUT2D eigenvalue weighted by atomic mass is 10.0. The number of fused-ring (bicyclic) bond motifs is 1. The normalized spacial score (nSPS) is 10.7. The fourth-order valence-corrected chi connectivity index (χ4v) is 3.95. The van der Waals surface area contributed by atoms with Crippen molar-refractivity contribution in [3.05, 3.63) is 120 Å². The number of carbonyl (C=O) groups excluding carboxylic acids is 2. The number of benzene rings is 4. The van der Waals surface area contributed by atoms with Crippen LogP contribution in [0.5, 0.6) is 0 Å². The third-order valence-electron chi connectivity index (χ3n) is 5.94. The number of ether oxygens (including phenoxy) is 1. The van der Waals surface area contributed by atoms with E-state index in [4.69, 9.17) is 14.7 Å². The van der Waals surface area contributed by atoms with Crippen LogP contribution < -0.4 is 5.32 Å². The number of hydrogen-bond donors (Lipinski definition) is 1. The highest BCUT2D eigenvalue weighted by Crippen LogP contribution is 2.31. The molecule has 182 valence electrons. The van der Waals surface area contributed by atoms with Gasteiger partial charge in [-0.15, -0.1) is 0 Å². The number of rotatable bonds is 7. The summed E-state index contributed by atoms with van der Waals surface area (Å²) in [6.07, 6.45) is 0. The fraction of sp³-hybridized carbons (Fsp3) is 0.0968. The van der Waals surface area contributed by atoms with Crippen molar-refractivity contribution < 1.29 is 14.3 Å². The van der Waals surface area contributed by atoms with E-state index in [1.54, 1.807) is 18.2 Å². The number of hydrogen-bond acceptors (Lipinski definition) is 5. The number of amides is 1. The van der Waals surface area contributed by atoms with Crippen molar-refractivity contribution in [3.63, 3.8) is 0 Å². The van der Waals surface area contributed by atoms with Gasteiger partial charge in [-0.3, -0.25) is 4.79 Å². The first-order chi connectivity index (χ1) is 18.1. The van der Waals surface area contributed by atoms with Gasteiger partial charge in [0, 0.05) is 17.7 Å². The lowest BCUT2D eigenvalue weighted by molar-refractivity contribution is -0.124. The lowest BCUT2D eigenvalue weighted by Crippen LogP contribution is -2.28. The number of aromatic nitrogens is 2. The zero-order chi connectivity index (χ0) is 25.6. The van der Waals surface area contributed by atoms with Gasteiger partial charge >= 0.3 is 5.97 Å². The average molecular weight is 488 g/mol. The molecule has 0 saturated carbocycles.